The molecule has 0 spiro atoms. The zero-order valence-electron chi connectivity index (χ0n) is 9.54. The van der Waals surface area contributed by atoms with Crippen molar-refractivity contribution in [2.24, 2.45) is 0 Å². The summed E-state index contributed by atoms with van der Waals surface area (Å²) in [4.78, 5) is 0. The Labute approximate surface area is 86.9 Å². The van der Waals surface area contributed by atoms with Crippen LogP contribution in [0, 0.1) is 0 Å². The van der Waals surface area contributed by atoms with E-state index in [0.717, 1.165) is 39.3 Å². The predicted octanol–water partition coefficient (Wildman–Crippen LogP) is 0.664. The van der Waals surface area contributed by atoms with Crippen molar-refractivity contribution in [2.45, 2.75) is 19.4 Å². The minimum absolute atomic E-state index is 0.267. The van der Waals surface area contributed by atoms with Crippen LogP contribution in [0.1, 0.15) is 13.3 Å². The van der Waals surface area contributed by atoms with Crippen molar-refractivity contribution < 1.29 is 14.2 Å². The molecule has 1 atom stereocenters. The molecule has 4 heteroatoms. The van der Waals surface area contributed by atoms with Crippen LogP contribution in [-0.2, 0) is 14.2 Å². The van der Waals surface area contributed by atoms with Gasteiger partial charge in [0.05, 0.1) is 12.7 Å². The van der Waals surface area contributed by atoms with Gasteiger partial charge in [0.25, 0.3) is 0 Å². The molecule has 4 nitrogen and oxygen atoms in total. The maximum absolute atomic E-state index is 5.37. The smallest absolute Gasteiger partial charge is 0.0667 e. The van der Waals surface area contributed by atoms with Crippen molar-refractivity contribution >= 4 is 0 Å². The first kappa shape index (κ1) is 13.8. The zero-order valence-corrected chi connectivity index (χ0v) is 9.54. The Balaban J connectivity index is 2.92. The van der Waals surface area contributed by atoms with Gasteiger partial charge in [-0.3, -0.25) is 0 Å². The molecule has 0 bridgehead atoms. The van der Waals surface area contributed by atoms with Crippen LogP contribution in [0.4, 0.5) is 0 Å². The topological polar surface area (TPSA) is 39.7 Å². The Morgan fingerprint density at radius 3 is 2.57 bits per heavy atom. The fraction of sp³-hybridized carbons (Fsp3) is 1.00. The summed E-state index contributed by atoms with van der Waals surface area (Å²) in [5, 5.41) is 3.25. The lowest BCUT2D eigenvalue weighted by Crippen LogP contribution is -2.28. The van der Waals surface area contributed by atoms with E-state index in [1.165, 1.54) is 0 Å². The lowest BCUT2D eigenvalue weighted by Gasteiger charge is -2.10. The molecule has 0 aromatic heterocycles. The number of nitrogens with one attached hydrogen (secondary N) is 1. The van der Waals surface area contributed by atoms with Gasteiger partial charge in [-0.1, -0.05) is 0 Å². The molecule has 0 aromatic carbocycles. The molecular formula is C10H23NO3. The van der Waals surface area contributed by atoms with E-state index in [-0.39, 0.29) is 6.10 Å². The molecule has 0 saturated heterocycles. The SMILES string of the molecule is COCCCOCCNCC(C)OC. The summed E-state index contributed by atoms with van der Waals surface area (Å²) < 4.78 is 15.4. The quantitative estimate of drug-likeness (QED) is 0.532. The van der Waals surface area contributed by atoms with Crippen LogP contribution in [0.2, 0.25) is 0 Å². The lowest BCUT2D eigenvalue weighted by molar-refractivity contribution is 0.0950. The van der Waals surface area contributed by atoms with Crippen molar-refractivity contribution in [3.05, 3.63) is 0 Å². The number of hydrogen-bond donors (Lipinski definition) is 1. The summed E-state index contributed by atoms with van der Waals surface area (Å²) in [5.74, 6) is 0. The minimum Gasteiger partial charge on any atom is -0.385 e. The second-order valence-corrected chi connectivity index (χ2v) is 3.21. The van der Waals surface area contributed by atoms with Crippen molar-refractivity contribution in [3.8, 4) is 0 Å². The molecule has 0 saturated carbocycles. The van der Waals surface area contributed by atoms with E-state index >= 15 is 0 Å². The molecule has 86 valence electrons. The third kappa shape index (κ3) is 9.92. The van der Waals surface area contributed by atoms with Crippen LogP contribution in [-0.4, -0.2) is 53.2 Å². The van der Waals surface area contributed by atoms with Crippen molar-refractivity contribution in [1.82, 2.24) is 5.32 Å². The van der Waals surface area contributed by atoms with E-state index in [2.05, 4.69) is 5.32 Å². The fourth-order valence-electron chi connectivity index (χ4n) is 0.940. The molecule has 1 unspecified atom stereocenters. The lowest BCUT2D eigenvalue weighted by atomic mass is 10.4. The van der Waals surface area contributed by atoms with Crippen LogP contribution in [0.5, 0.6) is 0 Å². The number of ether oxygens (including phenoxy) is 3. The minimum atomic E-state index is 0.267. The fourth-order valence-corrected chi connectivity index (χ4v) is 0.940. The Bertz CT molecular complexity index is 112. The number of rotatable bonds is 10. The summed E-state index contributed by atoms with van der Waals surface area (Å²) in [6.45, 7) is 6.08. The van der Waals surface area contributed by atoms with Gasteiger partial charge in [-0.25, -0.2) is 0 Å². The van der Waals surface area contributed by atoms with Crippen LogP contribution < -0.4 is 5.32 Å². The van der Waals surface area contributed by atoms with E-state index in [1.54, 1.807) is 14.2 Å². The van der Waals surface area contributed by atoms with Crippen LogP contribution in [0.15, 0.2) is 0 Å². The largest absolute Gasteiger partial charge is 0.385 e. The van der Waals surface area contributed by atoms with E-state index < -0.39 is 0 Å². The molecule has 0 heterocycles. The molecule has 0 fully saturated rings. The zero-order chi connectivity index (χ0) is 10.6. The van der Waals surface area contributed by atoms with Gasteiger partial charge >= 0.3 is 0 Å². The molecule has 0 rings (SSSR count). The summed E-state index contributed by atoms with van der Waals surface area (Å²) in [6, 6.07) is 0. The first-order valence-corrected chi connectivity index (χ1v) is 5.11. The third-order valence-corrected chi connectivity index (χ3v) is 1.89. The van der Waals surface area contributed by atoms with E-state index in [1.807, 2.05) is 6.92 Å². The first-order chi connectivity index (χ1) is 6.81. The van der Waals surface area contributed by atoms with Gasteiger partial charge in [0.1, 0.15) is 0 Å². The second-order valence-electron chi connectivity index (χ2n) is 3.21. The van der Waals surface area contributed by atoms with Crippen molar-refractivity contribution in [3.63, 3.8) is 0 Å². The molecule has 0 aromatic rings. The van der Waals surface area contributed by atoms with E-state index in [0.29, 0.717) is 0 Å². The van der Waals surface area contributed by atoms with Gasteiger partial charge in [-0.05, 0) is 13.3 Å². The second kappa shape index (κ2) is 10.9. The molecular weight excluding hydrogens is 182 g/mol. The highest BCUT2D eigenvalue weighted by atomic mass is 16.5. The summed E-state index contributed by atoms with van der Waals surface area (Å²) >= 11 is 0. The highest BCUT2D eigenvalue weighted by molar-refractivity contribution is 4.53. The molecule has 0 amide bonds. The summed E-state index contributed by atoms with van der Waals surface area (Å²) in [7, 11) is 3.42. The van der Waals surface area contributed by atoms with Gasteiger partial charge in [0.2, 0.25) is 0 Å². The van der Waals surface area contributed by atoms with Gasteiger partial charge in [0.15, 0.2) is 0 Å². The normalized spacial score (nSPS) is 13.1. The first-order valence-electron chi connectivity index (χ1n) is 5.11. The molecule has 1 N–H and O–H groups in total. The van der Waals surface area contributed by atoms with Crippen LogP contribution in [0.25, 0.3) is 0 Å². The van der Waals surface area contributed by atoms with Gasteiger partial charge < -0.3 is 19.5 Å². The maximum atomic E-state index is 5.37. The predicted molar refractivity (Wildman–Crippen MR) is 56.7 cm³/mol. The van der Waals surface area contributed by atoms with Gasteiger partial charge in [0, 0.05) is 40.5 Å². The molecule has 0 aliphatic carbocycles. The number of methoxy groups -OCH3 is 2. The Morgan fingerprint density at radius 2 is 1.93 bits per heavy atom. The third-order valence-electron chi connectivity index (χ3n) is 1.89. The molecule has 14 heavy (non-hydrogen) atoms. The van der Waals surface area contributed by atoms with E-state index in [9.17, 15) is 0 Å². The Kier molecular flexibility index (Phi) is 10.8. The standard InChI is InChI=1S/C10H23NO3/c1-10(13-3)9-11-5-8-14-7-4-6-12-2/h10-11H,4-9H2,1-3H3. The average Bonchev–Trinajstić information content (AvgIpc) is 2.21. The average molecular weight is 205 g/mol. The summed E-state index contributed by atoms with van der Waals surface area (Å²) in [5.41, 5.74) is 0. The maximum Gasteiger partial charge on any atom is 0.0667 e. The van der Waals surface area contributed by atoms with Crippen molar-refractivity contribution in [1.29, 1.82) is 0 Å². The van der Waals surface area contributed by atoms with Crippen molar-refractivity contribution in [2.75, 3.05) is 47.1 Å². The Morgan fingerprint density at radius 1 is 1.14 bits per heavy atom. The van der Waals surface area contributed by atoms with Gasteiger partial charge in [-0.2, -0.15) is 0 Å². The van der Waals surface area contributed by atoms with Crippen LogP contribution in [0.3, 0.4) is 0 Å². The van der Waals surface area contributed by atoms with Crippen LogP contribution >= 0.6 is 0 Å². The molecule has 0 aliphatic rings. The monoisotopic (exact) mass is 205 g/mol. The number of hydrogen-bond acceptors (Lipinski definition) is 4. The summed E-state index contributed by atoms with van der Waals surface area (Å²) in [6.07, 6.45) is 1.23. The highest BCUT2D eigenvalue weighted by Gasteiger charge is 1.96. The molecule has 0 aliphatic heterocycles. The Hall–Kier alpha value is -0.160. The van der Waals surface area contributed by atoms with Gasteiger partial charge in [-0.15, -0.1) is 0 Å². The van der Waals surface area contributed by atoms with E-state index in [4.69, 9.17) is 14.2 Å². The highest BCUT2D eigenvalue weighted by Crippen LogP contribution is 1.84. The molecule has 0 radical (unpaired) electrons.